The minimum atomic E-state index is -0.0667. The molecule has 0 radical (unpaired) electrons. The molecule has 1 fully saturated rings. The van der Waals surface area contributed by atoms with Gasteiger partial charge < -0.3 is 20.7 Å². The first-order chi connectivity index (χ1) is 15.7. The standard InChI is InChI=1S/C25H35N5O2.HI/c1-3-26-25(28-16-15-27-24(31)21-9-5-4-6-10-21)29-19-23(30-17-7-8-18-30)20-11-13-22(32-2)14-12-20;/h4-6,9-14,23H,3,7-8,15-19H2,1-2H3,(H,27,31)(H2,26,28,29);1H. The zero-order chi connectivity index (χ0) is 22.6. The summed E-state index contributed by atoms with van der Waals surface area (Å²) in [4.78, 5) is 19.6. The third-order valence-electron chi connectivity index (χ3n) is 5.59. The largest absolute Gasteiger partial charge is 0.497 e. The van der Waals surface area contributed by atoms with Crippen LogP contribution < -0.4 is 20.7 Å². The van der Waals surface area contributed by atoms with Crippen LogP contribution in [0.1, 0.15) is 41.7 Å². The number of halogens is 1. The van der Waals surface area contributed by atoms with Gasteiger partial charge in [-0.15, -0.1) is 24.0 Å². The van der Waals surface area contributed by atoms with Crippen molar-refractivity contribution in [2.45, 2.75) is 25.8 Å². The van der Waals surface area contributed by atoms with E-state index in [1.807, 2.05) is 42.5 Å². The Hall–Kier alpha value is -2.33. The first-order valence-electron chi connectivity index (χ1n) is 11.4. The van der Waals surface area contributed by atoms with Crippen LogP contribution in [-0.4, -0.2) is 63.1 Å². The summed E-state index contributed by atoms with van der Waals surface area (Å²) in [5, 5.41) is 9.57. The predicted molar refractivity (Wildman–Crippen MR) is 145 cm³/mol. The lowest BCUT2D eigenvalue weighted by atomic mass is 10.1. The monoisotopic (exact) mass is 565 g/mol. The molecule has 1 amide bonds. The Morgan fingerprint density at radius 1 is 1.00 bits per heavy atom. The van der Waals surface area contributed by atoms with Crippen LogP contribution in [0.4, 0.5) is 0 Å². The van der Waals surface area contributed by atoms with Gasteiger partial charge in [0.15, 0.2) is 5.96 Å². The fraction of sp³-hybridized carbons (Fsp3) is 0.440. The van der Waals surface area contributed by atoms with E-state index >= 15 is 0 Å². The van der Waals surface area contributed by atoms with Gasteiger partial charge in [0, 0.05) is 25.2 Å². The number of nitrogens with one attached hydrogen (secondary N) is 3. The number of carbonyl (C=O) groups is 1. The highest BCUT2D eigenvalue weighted by molar-refractivity contribution is 14.0. The molecule has 1 unspecified atom stereocenters. The topological polar surface area (TPSA) is 78.0 Å². The zero-order valence-electron chi connectivity index (χ0n) is 19.5. The highest BCUT2D eigenvalue weighted by atomic mass is 127. The Bertz CT molecular complexity index is 855. The lowest BCUT2D eigenvalue weighted by Crippen LogP contribution is -2.42. The number of carbonyl (C=O) groups excluding carboxylic acids is 1. The van der Waals surface area contributed by atoms with E-state index in [1.165, 1.54) is 18.4 Å². The van der Waals surface area contributed by atoms with Gasteiger partial charge in [0.2, 0.25) is 0 Å². The number of guanidine groups is 1. The molecular formula is C25H36IN5O2. The third-order valence-corrected chi connectivity index (χ3v) is 5.59. The number of hydrogen-bond donors (Lipinski definition) is 3. The lowest BCUT2D eigenvalue weighted by molar-refractivity contribution is 0.0954. The maximum absolute atomic E-state index is 12.2. The number of aliphatic imine (C=N–C) groups is 1. The van der Waals surface area contributed by atoms with Gasteiger partial charge in [0.25, 0.3) is 5.91 Å². The highest BCUT2D eigenvalue weighted by Crippen LogP contribution is 2.27. The Morgan fingerprint density at radius 2 is 1.67 bits per heavy atom. The van der Waals surface area contributed by atoms with Crippen molar-refractivity contribution in [1.82, 2.24) is 20.9 Å². The Morgan fingerprint density at radius 3 is 2.30 bits per heavy atom. The van der Waals surface area contributed by atoms with Gasteiger partial charge in [-0.05, 0) is 62.7 Å². The smallest absolute Gasteiger partial charge is 0.251 e. The summed E-state index contributed by atoms with van der Waals surface area (Å²) >= 11 is 0. The average Bonchev–Trinajstić information content (AvgIpc) is 3.37. The molecule has 33 heavy (non-hydrogen) atoms. The van der Waals surface area contributed by atoms with Crippen molar-refractivity contribution in [2.75, 3.05) is 46.4 Å². The molecule has 1 heterocycles. The predicted octanol–water partition coefficient (Wildman–Crippen LogP) is 3.44. The minimum Gasteiger partial charge on any atom is -0.497 e. The SMILES string of the molecule is CCNC(=NCC(c1ccc(OC)cc1)N1CCCC1)NCCNC(=O)c1ccccc1.I. The summed E-state index contributed by atoms with van der Waals surface area (Å²) < 4.78 is 5.31. The molecule has 180 valence electrons. The summed E-state index contributed by atoms with van der Waals surface area (Å²) in [6, 6.07) is 17.8. The Balaban J connectivity index is 0.00000385. The van der Waals surface area contributed by atoms with Gasteiger partial charge in [-0.3, -0.25) is 14.7 Å². The second kappa shape index (κ2) is 14.7. The Labute approximate surface area is 214 Å². The van der Waals surface area contributed by atoms with Gasteiger partial charge in [-0.2, -0.15) is 0 Å². The molecule has 7 nitrogen and oxygen atoms in total. The van der Waals surface area contributed by atoms with Crippen LogP contribution in [0.2, 0.25) is 0 Å². The molecule has 2 aromatic rings. The summed E-state index contributed by atoms with van der Waals surface area (Å²) in [5.41, 5.74) is 1.92. The van der Waals surface area contributed by atoms with Crippen molar-refractivity contribution in [3.8, 4) is 5.75 Å². The van der Waals surface area contributed by atoms with Crippen molar-refractivity contribution >= 4 is 35.8 Å². The second-order valence-corrected chi connectivity index (χ2v) is 7.80. The van der Waals surface area contributed by atoms with Crippen LogP contribution in [0.25, 0.3) is 0 Å². The molecule has 3 N–H and O–H groups in total. The minimum absolute atomic E-state index is 0. The van der Waals surface area contributed by atoms with Crippen LogP contribution in [0, 0.1) is 0 Å². The van der Waals surface area contributed by atoms with Gasteiger partial charge >= 0.3 is 0 Å². The van der Waals surface area contributed by atoms with Crippen LogP contribution in [0.15, 0.2) is 59.6 Å². The van der Waals surface area contributed by atoms with E-state index in [0.717, 1.165) is 31.3 Å². The van der Waals surface area contributed by atoms with Gasteiger partial charge in [0.1, 0.15) is 5.75 Å². The van der Waals surface area contributed by atoms with E-state index in [2.05, 4.69) is 39.9 Å². The maximum Gasteiger partial charge on any atom is 0.251 e. The number of ether oxygens (including phenoxy) is 1. The van der Waals surface area contributed by atoms with Crippen molar-refractivity contribution < 1.29 is 9.53 Å². The quantitative estimate of drug-likeness (QED) is 0.178. The molecular weight excluding hydrogens is 529 g/mol. The number of methoxy groups -OCH3 is 1. The van der Waals surface area contributed by atoms with Gasteiger partial charge in [-0.1, -0.05) is 30.3 Å². The first-order valence-corrected chi connectivity index (χ1v) is 11.4. The van der Waals surface area contributed by atoms with Crippen LogP contribution in [0.5, 0.6) is 5.75 Å². The van der Waals surface area contributed by atoms with E-state index < -0.39 is 0 Å². The molecule has 2 aromatic carbocycles. The molecule has 1 aliphatic heterocycles. The molecule has 8 heteroatoms. The number of hydrogen-bond acceptors (Lipinski definition) is 4. The summed E-state index contributed by atoms with van der Waals surface area (Å²) in [5.74, 6) is 1.56. The van der Waals surface area contributed by atoms with Crippen molar-refractivity contribution in [3.05, 3.63) is 65.7 Å². The van der Waals surface area contributed by atoms with Crippen LogP contribution >= 0.6 is 24.0 Å². The van der Waals surface area contributed by atoms with Gasteiger partial charge in [0.05, 0.1) is 19.7 Å². The number of nitrogens with zero attached hydrogens (tertiary/aromatic N) is 2. The first kappa shape index (κ1) is 26.9. The average molecular weight is 566 g/mol. The highest BCUT2D eigenvalue weighted by Gasteiger charge is 2.23. The second-order valence-electron chi connectivity index (χ2n) is 7.80. The number of amides is 1. The van der Waals surface area contributed by atoms with E-state index in [-0.39, 0.29) is 35.9 Å². The zero-order valence-corrected chi connectivity index (χ0v) is 21.9. The summed E-state index contributed by atoms with van der Waals surface area (Å²) in [7, 11) is 1.69. The number of benzene rings is 2. The summed E-state index contributed by atoms with van der Waals surface area (Å²) in [6.45, 7) is 6.81. The molecule has 0 aromatic heterocycles. The van der Waals surface area contributed by atoms with E-state index in [1.54, 1.807) is 7.11 Å². The van der Waals surface area contributed by atoms with Gasteiger partial charge in [-0.25, -0.2) is 0 Å². The van der Waals surface area contributed by atoms with Crippen LogP contribution in [0.3, 0.4) is 0 Å². The molecule has 3 rings (SSSR count). The van der Waals surface area contributed by atoms with E-state index in [9.17, 15) is 4.79 Å². The molecule has 0 bridgehead atoms. The normalized spacial score (nSPS) is 14.8. The molecule has 1 saturated heterocycles. The van der Waals surface area contributed by atoms with Crippen molar-refractivity contribution in [3.63, 3.8) is 0 Å². The lowest BCUT2D eigenvalue weighted by Gasteiger charge is -2.27. The number of likely N-dealkylation sites (tertiary alicyclic amines) is 1. The van der Waals surface area contributed by atoms with Crippen LogP contribution in [-0.2, 0) is 0 Å². The summed E-state index contributed by atoms with van der Waals surface area (Å²) in [6.07, 6.45) is 2.46. The van der Waals surface area contributed by atoms with E-state index in [4.69, 9.17) is 9.73 Å². The van der Waals surface area contributed by atoms with Crippen molar-refractivity contribution in [1.29, 1.82) is 0 Å². The maximum atomic E-state index is 12.2. The molecule has 0 aliphatic carbocycles. The Kier molecular flexibility index (Phi) is 12.0. The van der Waals surface area contributed by atoms with E-state index in [0.29, 0.717) is 25.2 Å². The number of rotatable bonds is 10. The molecule has 0 spiro atoms. The van der Waals surface area contributed by atoms with Crippen molar-refractivity contribution in [2.24, 2.45) is 4.99 Å². The fourth-order valence-corrected chi connectivity index (χ4v) is 3.88. The molecule has 1 atom stereocenters. The third kappa shape index (κ3) is 8.51. The fourth-order valence-electron chi connectivity index (χ4n) is 3.88. The molecule has 1 aliphatic rings. The molecule has 0 saturated carbocycles.